The zero-order chi connectivity index (χ0) is 20.6. The number of hydrogen-bond donors (Lipinski definition) is 1. The van der Waals surface area contributed by atoms with Crippen molar-refractivity contribution in [1.29, 1.82) is 0 Å². The summed E-state index contributed by atoms with van der Waals surface area (Å²) in [5.41, 5.74) is 2.06. The van der Waals surface area contributed by atoms with Gasteiger partial charge < -0.3 is 10.2 Å². The van der Waals surface area contributed by atoms with Gasteiger partial charge in [-0.3, -0.25) is 9.78 Å². The molecular formula is C22H24FN5O. The molecule has 0 spiro atoms. The fourth-order valence-electron chi connectivity index (χ4n) is 2.93. The Morgan fingerprint density at radius 3 is 2.62 bits per heavy atom. The van der Waals surface area contributed by atoms with Gasteiger partial charge in [-0.2, -0.15) is 0 Å². The van der Waals surface area contributed by atoms with E-state index in [0.717, 1.165) is 13.0 Å². The number of nitrogens with zero attached hydrogens (tertiary/aromatic N) is 4. The second kappa shape index (κ2) is 9.73. The number of rotatable bonds is 8. The molecule has 7 heteroatoms. The minimum absolute atomic E-state index is 0.266. The number of pyridine rings is 1. The Hall–Kier alpha value is -3.35. The molecule has 2 heterocycles. The summed E-state index contributed by atoms with van der Waals surface area (Å²) in [5, 5.41) is 2.80. The van der Waals surface area contributed by atoms with E-state index < -0.39 is 0 Å². The third-order valence-electron chi connectivity index (χ3n) is 4.57. The minimum Gasteiger partial charge on any atom is -0.359 e. The topological polar surface area (TPSA) is 71.0 Å². The van der Waals surface area contributed by atoms with Crippen molar-refractivity contribution < 1.29 is 9.18 Å². The number of likely N-dealkylation sites (N-methyl/N-ethyl adjacent to an activating group) is 1. The lowest BCUT2D eigenvalue weighted by Crippen LogP contribution is -2.28. The number of benzene rings is 1. The molecule has 0 saturated heterocycles. The Kier molecular flexibility index (Phi) is 6.84. The highest BCUT2D eigenvalue weighted by Gasteiger charge is 2.13. The molecule has 0 aliphatic heterocycles. The number of carbonyl (C=O) groups is 1. The van der Waals surface area contributed by atoms with Crippen LogP contribution in [0.25, 0.3) is 0 Å². The third-order valence-corrected chi connectivity index (χ3v) is 4.57. The first-order chi connectivity index (χ1) is 14.0. The number of hydrogen-bond acceptors (Lipinski definition) is 5. The van der Waals surface area contributed by atoms with E-state index in [-0.39, 0.29) is 11.7 Å². The quantitative estimate of drug-likeness (QED) is 0.637. The van der Waals surface area contributed by atoms with Gasteiger partial charge in [-0.25, -0.2) is 14.4 Å². The maximum absolute atomic E-state index is 13.7. The molecule has 0 aliphatic rings. The smallest absolute Gasteiger partial charge is 0.270 e. The molecular weight excluding hydrogens is 369 g/mol. The molecule has 0 radical (unpaired) electrons. The summed E-state index contributed by atoms with van der Waals surface area (Å²) in [6.07, 6.45) is 4.80. The van der Waals surface area contributed by atoms with E-state index in [9.17, 15) is 9.18 Å². The molecule has 3 rings (SSSR count). The summed E-state index contributed by atoms with van der Waals surface area (Å²) in [6, 6.07) is 12.2. The second-order valence-corrected chi connectivity index (χ2v) is 6.78. The van der Waals surface area contributed by atoms with E-state index in [4.69, 9.17) is 0 Å². The molecule has 1 aromatic carbocycles. The van der Waals surface area contributed by atoms with Gasteiger partial charge in [-0.15, -0.1) is 0 Å². The zero-order valence-electron chi connectivity index (χ0n) is 16.6. The molecule has 3 aromatic rings. The van der Waals surface area contributed by atoms with Crippen LogP contribution in [0.3, 0.4) is 0 Å². The van der Waals surface area contributed by atoms with Crippen molar-refractivity contribution >= 4 is 11.7 Å². The van der Waals surface area contributed by atoms with Crippen molar-refractivity contribution in [3.63, 3.8) is 0 Å². The SMILES string of the molecule is Cc1nc(C(=O)NCCc2ccccc2F)cc(N(C)CCc2ccncc2)n1. The summed E-state index contributed by atoms with van der Waals surface area (Å²) >= 11 is 0. The summed E-state index contributed by atoms with van der Waals surface area (Å²) in [4.78, 5) is 27.2. The molecule has 1 N–H and O–H groups in total. The highest BCUT2D eigenvalue weighted by molar-refractivity contribution is 5.92. The standard InChI is InChI=1S/C22H24FN5O/c1-16-26-20(22(29)25-13-9-18-5-3-4-6-19(18)23)15-21(27-16)28(2)14-10-17-7-11-24-12-8-17/h3-8,11-12,15H,9-10,13-14H2,1-2H3,(H,25,29). The highest BCUT2D eigenvalue weighted by Crippen LogP contribution is 2.13. The van der Waals surface area contributed by atoms with Gasteiger partial charge in [0.2, 0.25) is 0 Å². The molecule has 0 atom stereocenters. The lowest BCUT2D eigenvalue weighted by Gasteiger charge is -2.19. The van der Waals surface area contributed by atoms with Crippen LogP contribution in [0.4, 0.5) is 10.2 Å². The number of amides is 1. The van der Waals surface area contributed by atoms with Gasteiger partial charge in [0.05, 0.1) is 0 Å². The van der Waals surface area contributed by atoms with Crippen LogP contribution in [0.15, 0.2) is 54.9 Å². The van der Waals surface area contributed by atoms with Gasteiger partial charge in [0, 0.05) is 38.6 Å². The van der Waals surface area contributed by atoms with Crippen LogP contribution < -0.4 is 10.2 Å². The lowest BCUT2D eigenvalue weighted by molar-refractivity contribution is 0.0948. The number of halogens is 1. The van der Waals surface area contributed by atoms with E-state index in [2.05, 4.69) is 20.3 Å². The third kappa shape index (κ3) is 5.81. The maximum Gasteiger partial charge on any atom is 0.270 e. The van der Waals surface area contributed by atoms with Crippen molar-refractivity contribution in [2.24, 2.45) is 0 Å². The van der Waals surface area contributed by atoms with Crippen LogP contribution in [-0.4, -0.2) is 41.0 Å². The van der Waals surface area contributed by atoms with Gasteiger partial charge in [-0.05, 0) is 49.1 Å². The molecule has 2 aromatic heterocycles. The predicted octanol–water partition coefficient (Wildman–Crippen LogP) is 2.97. The Balaban J connectivity index is 1.60. The van der Waals surface area contributed by atoms with Gasteiger partial charge in [0.15, 0.2) is 0 Å². The fourth-order valence-corrected chi connectivity index (χ4v) is 2.93. The predicted molar refractivity (Wildman–Crippen MR) is 110 cm³/mol. The first-order valence-corrected chi connectivity index (χ1v) is 9.50. The first kappa shape index (κ1) is 20.4. The summed E-state index contributed by atoms with van der Waals surface area (Å²) in [5.74, 6) is 0.650. The van der Waals surface area contributed by atoms with Crippen molar-refractivity contribution in [3.05, 3.63) is 83.3 Å². The second-order valence-electron chi connectivity index (χ2n) is 6.78. The highest BCUT2D eigenvalue weighted by atomic mass is 19.1. The van der Waals surface area contributed by atoms with Crippen molar-refractivity contribution in [3.8, 4) is 0 Å². The summed E-state index contributed by atoms with van der Waals surface area (Å²) < 4.78 is 13.7. The number of nitrogens with one attached hydrogen (secondary N) is 1. The van der Waals surface area contributed by atoms with Crippen molar-refractivity contribution in [2.75, 3.05) is 25.0 Å². The van der Waals surface area contributed by atoms with Gasteiger partial charge in [-0.1, -0.05) is 18.2 Å². The van der Waals surface area contributed by atoms with Crippen molar-refractivity contribution in [2.45, 2.75) is 19.8 Å². The van der Waals surface area contributed by atoms with E-state index in [1.807, 2.05) is 24.1 Å². The summed E-state index contributed by atoms with van der Waals surface area (Å²) in [6.45, 7) is 2.83. The van der Waals surface area contributed by atoms with Crippen LogP contribution in [-0.2, 0) is 12.8 Å². The van der Waals surface area contributed by atoms with E-state index in [1.165, 1.54) is 11.6 Å². The molecule has 0 aliphatic carbocycles. The monoisotopic (exact) mass is 393 g/mol. The van der Waals surface area contributed by atoms with E-state index in [1.54, 1.807) is 43.6 Å². The van der Waals surface area contributed by atoms with E-state index >= 15 is 0 Å². The molecule has 29 heavy (non-hydrogen) atoms. The van der Waals surface area contributed by atoms with Gasteiger partial charge in [0.1, 0.15) is 23.2 Å². The minimum atomic E-state index is -0.296. The van der Waals surface area contributed by atoms with Gasteiger partial charge in [0.25, 0.3) is 5.91 Å². The number of carbonyl (C=O) groups excluding carboxylic acids is 1. The summed E-state index contributed by atoms with van der Waals surface area (Å²) in [7, 11) is 1.93. The Bertz CT molecular complexity index is 964. The molecule has 0 unspecified atom stereocenters. The Morgan fingerprint density at radius 1 is 1.10 bits per heavy atom. The number of aromatic nitrogens is 3. The normalized spacial score (nSPS) is 10.6. The molecule has 6 nitrogen and oxygen atoms in total. The van der Waals surface area contributed by atoms with Gasteiger partial charge >= 0.3 is 0 Å². The van der Waals surface area contributed by atoms with Crippen molar-refractivity contribution in [1.82, 2.24) is 20.3 Å². The van der Waals surface area contributed by atoms with Crippen LogP contribution in [0.2, 0.25) is 0 Å². The first-order valence-electron chi connectivity index (χ1n) is 9.50. The Morgan fingerprint density at radius 2 is 1.86 bits per heavy atom. The van der Waals surface area contributed by atoms with Crippen LogP contribution in [0.1, 0.15) is 27.4 Å². The average Bonchev–Trinajstić information content (AvgIpc) is 2.73. The Labute approximate surface area is 169 Å². The van der Waals surface area contributed by atoms with E-state index in [0.29, 0.717) is 35.9 Å². The zero-order valence-corrected chi connectivity index (χ0v) is 16.6. The number of aryl methyl sites for hydroxylation is 1. The van der Waals surface area contributed by atoms with Crippen LogP contribution >= 0.6 is 0 Å². The lowest BCUT2D eigenvalue weighted by atomic mass is 10.1. The fraction of sp³-hybridized carbons (Fsp3) is 0.273. The average molecular weight is 393 g/mol. The largest absolute Gasteiger partial charge is 0.359 e. The maximum atomic E-state index is 13.7. The molecule has 0 fully saturated rings. The molecule has 150 valence electrons. The number of anilines is 1. The van der Waals surface area contributed by atoms with Crippen LogP contribution in [0.5, 0.6) is 0 Å². The molecule has 0 saturated carbocycles. The van der Waals surface area contributed by atoms with Crippen LogP contribution in [0, 0.1) is 12.7 Å². The molecule has 0 bridgehead atoms. The molecule has 1 amide bonds.